The van der Waals surface area contributed by atoms with E-state index in [4.69, 9.17) is 0 Å². The van der Waals surface area contributed by atoms with Crippen LogP contribution in [0.25, 0.3) is 0 Å². The van der Waals surface area contributed by atoms with Gasteiger partial charge in [-0.2, -0.15) is 0 Å². The van der Waals surface area contributed by atoms with Crippen molar-refractivity contribution in [3.8, 4) is 0 Å². The van der Waals surface area contributed by atoms with E-state index in [0.717, 1.165) is 38.5 Å². The summed E-state index contributed by atoms with van der Waals surface area (Å²) in [6.45, 7) is 11.1. The van der Waals surface area contributed by atoms with Crippen LogP contribution in [0.4, 0.5) is 0 Å². The van der Waals surface area contributed by atoms with Crippen LogP contribution in [0.1, 0.15) is 73.1 Å². The van der Waals surface area contributed by atoms with Crippen LogP contribution in [0.15, 0.2) is 0 Å². The lowest BCUT2D eigenvalue weighted by atomic mass is 9.62. The monoisotopic (exact) mass is 240 g/mol. The van der Waals surface area contributed by atoms with Gasteiger partial charge in [-0.05, 0) is 49.4 Å². The van der Waals surface area contributed by atoms with E-state index in [0.29, 0.717) is 5.41 Å². The largest absolute Gasteiger partial charge is 0.481 e. The Morgan fingerprint density at radius 1 is 1.12 bits per heavy atom. The molecule has 0 aromatic rings. The second kappa shape index (κ2) is 4.62. The van der Waals surface area contributed by atoms with Crippen molar-refractivity contribution in [3.63, 3.8) is 0 Å². The van der Waals surface area contributed by atoms with Gasteiger partial charge in [-0.25, -0.2) is 0 Å². The van der Waals surface area contributed by atoms with E-state index >= 15 is 0 Å². The van der Waals surface area contributed by atoms with Crippen LogP contribution in [0.2, 0.25) is 0 Å². The summed E-state index contributed by atoms with van der Waals surface area (Å²) in [6, 6.07) is 0. The average Bonchev–Trinajstić information content (AvgIpc) is 2.15. The zero-order chi connectivity index (χ0) is 13.3. The third kappa shape index (κ3) is 4.01. The molecule has 1 aliphatic carbocycles. The molecule has 1 N–H and O–H groups in total. The van der Waals surface area contributed by atoms with Gasteiger partial charge in [0.1, 0.15) is 0 Å². The first-order valence-corrected chi connectivity index (χ1v) is 6.80. The predicted molar refractivity (Wildman–Crippen MR) is 71.0 cm³/mol. The van der Waals surface area contributed by atoms with Gasteiger partial charge in [-0.3, -0.25) is 4.79 Å². The number of carbonyl (C=O) groups is 1. The number of hydrogen-bond donors (Lipinski definition) is 1. The quantitative estimate of drug-likeness (QED) is 0.789. The molecule has 0 aromatic heterocycles. The molecule has 0 radical (unpaired) electrons. The van der Waals surface area contributed by atoms with E-state index in [2.05, 4.69) is 34.6 Å². The number of rotatable bonds is 3. The molecule has 0 aliphatic heterocycles. The lowest BCUT2D eigenvalue weighted by Gasteiger charge is -2.41. The fraction of sp³-hybridized carbons (Fsp3) is 0.933. The minimum atomic E-state index is -0.572. The molecule has 1 rings (SSSR count). The van der Waals surface area contributed by atoms with Crippen molar-refractivity contribution < 1.29 is 9.90 Å². The smallest absolute Gasteiger partial charge is 0.309 e. The third-order valence-corrected chi connectivity index (χ3v) is 4.37. The predicted octanol–water partition coefficient (Wildman–Crippen LogP) is 4.48. The van der Waals surface area contributed by atoms with Crippen molar-refractivity contribution >= 4 is 5.97 Å². The van der Waals surface area contributed by atoms with Crippen LogP contribution in [-0.4, -0.2) is 11.1 Å². The SMILES string of the molecule is CC(C)(C)CCC1(C(=O)O)CCC(C)(C)CC1. The maximum Gasteiger partial charge on any atom is 0.309 e. The first-order valence-electron chi connectivity index (χ1n) is 6.80. The van der Waals surface area contributed by atoms with Crippen LogP contribution < -0.4 is 0 Å². The summed E-state index contributed by atoms with van der Waals surface area (Å²) in [5.41, 5.74) is 0.124. The minimum absolute atomic E-state index is 0.232. The average molecular weight is 240 g/mol. The molecule has 0 unspecified atom stereocenters. The lowest BCUT2D eigenvalue weighted by molar-refractivity contribution is -0.153. The number of carboxylic acid groups (broad SMARTS) is 1. The van der Waals surface area contributed by atoms with Crippen molar-refractivity contribution in [1.82, 2.24) is 0 Å². The van der Waals surface area contributed by atoms with Crippen molar-refractivity contribution in [2.24, 2.45) is 16.2 Å². The molecule has 0 bridgehead atoms. The molecule has 1 saturated carbocycles. The van der Waals surface area contributed by atoms with E-state index in [1.54, 1.807) is 0 Å². The summed E-state index contributed by atoms with van der Waals surface area (Å²) in [5.74, 6) is -0.572. The second-order valence-corrected chi connectivity index (χ2v) is 7.81. The second-order valence-electron chi connectivity index (χ2n) is 7.81. The molecule has 2 heteroatoms. The Bertz CT molecular complexity index is 274. The zero-order valence-corrected chi connectivity index (χ0v) is 12.1. The minimum Gasteiger partial charge on any atom is -0.481 e. The molecule has 0 heterocycles. The highest BCUT2D eigenvalue weighted by molar-refractivity contribution is 5.74. The Morgan fingerprint density at radius 2 is 1.59 bits per heavy atom. The Balaban J connectivity index is 2.69. The molecule has 0 saturated heterocycles. The molecule has 0 spiro atoms. The van der Waals surface area contributed by atoms with Crippen LogP contribution in [-0.2, 0) is 4.79 Å². The van der Waals surface area contributed by atoms with Crippen molar-refractivity contribution in [2.75, 3.05) is 0 Å². The number of hydrogen-bond acceptors (Lipinski definition) is 1. The van der Waals surface area contributed by atoms with Gasteiger partial charge in [-0.1, -0.05) is 34.6 Å². The fourth-order valence-electron chi connectivity index (χ4n) is 2.59. The third-order valence-electron chi connectivity index (χ3n) is 4.37. The topological polar surface area (TPSA) is 37.3 Å². The first kappa shape index (κ1) is 14.5. The maximum atomic E-state index is 11.6. The van der Waals surface area contributed by atoms with Gasteiger partial charge >= 0.3 is 5.97 Å². The Hall–Kier alpha value is -0.530. The molecular formula is C15H28O2. The van der Waals surface area contributed by atoms with Crippen LogP contribution in [0.5, 0.6) is 0 Å². The molecule has 100 valence electrons. The first-order chi connectivity index (χ1) is 7.56. The molecule has 2 nitrogen and oxygen atoms in total. The van der Waals surface area contributed by atoms with Crippen molar-refractivity contribution in [1.29, 1.82) is 0 Å². The van der Waals surface area contributed by atoms with Crippen molar-refractivity contribution in [2.45, 2.75) is 73.1 Å². The summed E-state index contributed by atoms with van der Waals surface area (Å²) >= 11 is 0. The summed E-state index contributed by atoms with van der Waals surface area (Å²) in [7, 11) is 0. The summed E-state index contributed by atoms with van der Waals surface area (Å²) in [5, 5.41) is 9.56. The number of carboxylic acids is 1. The van der Waals surface area contributed by atoms with E-state index in [9.17, 15) is 9.90 Å². The highest BCUT2D eigenvalue weighted by Crippen LogP contribution is 2.48. The molecular weight excluding hydrogens is 212 g/mol. The van der Waals surface area contributed by atoms with Gasteiger partial charge in [0.2, 0.25) is 0 Å². The zero-order valence-electron chi connectivity index (χ0n) is 12.1. The normalized spacial score (nSPS) is 23.4. The molecule has 0 atom stereocenters. The Kier molecular flexibility index (Phi) is 3.95. The van der Waals surface area contributed by atoms with Gasteiger partial charge in [0.25, 0.3) is 0 Å². The molecule has 1 aliphatic rings. The van der Waals surface area contributed by atoms with Gasteiger partial charge in [-0.15, -0.1) is 0 Å². The highest BCUT2D eigenvalue weighted by Gasteiger charge is 2.44. The van der Waals surface area contributed by atoms with E-state index in [1.807, 2.05) is 0 Å². The van der Waals surface area contributed by atoms with Gasteiger partial charge in [0.15, 0.2) is 0 Å². The summed E-state index contributed by atoms with van der Waals surface area (Å²) < 4.78 is 0. The van der Waals surface area contributed by atoms with E-state index in [1.165, 1.54) is 0 Å². The van der Waals surface area contributed by atoms with Gasteiger partial charge in [0.05, 0.1) is 5.41 Å². The van der Waals surface area contributed by atoms with Gasteiger partial charge < -0.3 is 5.11 Å². The van der Waals surface area contributed by atoms with E-state index < -0.39 is 11.4 Å². The number of aliphatic carboxylic acids is 1. The molecule has 1 fully saturated rings. The van der Waals surface area contributed by atoms with Gasteiger partial charge in [0, 0.05) is 0 Å². The van der Waals surface area contributed by atoms with E-state index in [-0.39, 0.29) is 5.41 Å². The molecule has 0 aromatic carbocycles. The van der Waals surface area contributed by atoms with Crippen LogP contribution >= 0.6 is 0 Å². The fourth-order valence-corrected chi connectivity index (χ4v) is 2.59. The summed E-state index contributed by atoms with van der Waals surface area (Å²) in [4.78, 5) is 11.6. The lowest BCUT2D eigenvalue weighted by Crippen LogP contribution is -2.38. The molecule has 0 amide bonds. The molecule has 17 heavy (non-hydrogen) atoms. The van der Waals surface area contributed by atoms with Crippen LogP contribution in [0.3, 0.4) is 0 Å². The van der Waals surface area contributed by atoms with Crippen LogP contribution in [0, 0.1) is 16.2 Å². The standard InChI is InChI=1S/C15H28O2/c1-13(2,3)6-9-15(12(16)17)10-7-14(4,5)8-11-15/h6-11H2,1-5H3,(H,16,17). The Morgan fingerprint density at radius 3 is 1.94 bits per heavy atom. The van der Waals surface area contributed by atoms with Crippen molar-refractivity contribution in [3.05, 3.63) is 0 Å². The maximum absolute atomic E-state index is 11.6. The summed E-state index contributed by atoms with van der Waals surface area (Å²) in [6.07, 6.45) is 5.63. The highest BCUT2D eigenvalue weighted by atomic mass is 16.4. The Labute approximate surface area is 106 Å².